The maximum atomic E-state index is 10.3. The molecular weight excluding hydrogens is 225 g/mol. The molecule has 1 aromatic carbocycles. The molecule has 0 saturated carbocycles. The maximum Gasteiger partial charge on any atom is 0.337 e. The molecule has 0 amide bonds. The smallest absolute Gasteiger partial charge is 0.337 e. The number of aliphatic hydroxyl groups is 1. The van der Waals surface area contributed by atoms with Crippen molar-refractivity contribution in [2.24, 2.45) is 0 Å². The van der Waals surface area contributed by atoms with E-state index in [1.54, 1.807) is 12.1 Å². The van der Waals surface area contributed by atoms with E-state index in [4.69, 9.17) is 15.3 Å². The summed E-state index contributed by atoms with van der Waals surface area (Å²) in [5.41, 5.74) is 0.00463. The Balaban J connectivity index is 0.00000144. The Hall–Kier alpha value is -0.927. The molecule has 0 bridgehead atoms. The maximum absolute atomic E-state index is 10.3. The molecule has 0 heterocycles. The molecule has 5 heteroatoms. The molecule has 13 heavy (non-hydrogen) atoms. The third kappa shape index (κ3) is 2.79. The second-order valence-corrected chi connectivity index (χ2v) is 2.30. The van der Waals surface area contributed by atoms with Crippen molar-refractivity contribution in [3.63, 3.8) is 0 Å². The first kappa shape index (κ1) is 12.1. The zero-order valence-electron chi connectivity index (χ0n) is 6.84. The van der Waals surface area contributed by atoms with Crippen LogP contribution in [0, 0.1) is 0 Å². The van der Waals surface area contributed by atoms with Gasteiger partial charge in [-0.05, 0) is 6.07 Å². The molecule has 4 nitrogen and oxygen atoms in total. The van der Waals surface area contributed by atoms with Crippen LogP contribution in [-0.4, -0.2) is 21.3 Å². The Morgan fingerprint density at radius 1 is 1.31 bits per heavy atom. The van der Waals surface area contributed by atoms with Crippen molar-refractivity contribution in [2.45, 2.75) is 6.10 Å². The summed E-state index contributed by atoms with van der Waals surface area (Å²) in [4.78, 5) is 10.3. The van der Waals surface area contributed by atoms with E-state index in [0.29, 0.717) is 0 Å². The number of phenols is 1. The molecule has 1 atom stereocenters. The van der Waals surface area contributed by atoms with Crippen LogP contribution in [0.3, 0.4) is 0 Å². The predicted molar refractivity (Wildman–Crippen MR) is 40.7 cm³/mol. The van der Waals surface area contributed by atoms with Crippen molar-refractivity contribution in [3.8, 4) is 5.75 Å². The number of carbonyl (C=O) groups is 1. The molecule has 0 radical (unpaired) electrons. The van der Waals surface area contributed by atoms with Gasteiger partial charge in [-0.15, -0.1) is 0 Å². The second-order valence-electron chi connectivity index (χ2n) is 2.30. The SMILES string of the molecule is O=C(O)C(O)c1ccccc1O.[Zn]. The molecule has 0 aliphatic heterocycles. The monoisotopic (exact) mass is 232 g/mol. The number of benzene rings is 1. The van der Waals surface area contributed by atoms with Crippen LogP contribution in [0.5, 0.6) is 5.75 Å². The number of rotatable bonds is 2. The Labute approximate surface area is 87.6 Å². The number of carboxylic acid groups (broad SMARTS) is 1. The Morgan fingerprint density at radius 2 is 1.85 bits per heavy atom. The minimum atomic E-state index is -1.66. The van der Waals surface area contributed by atoms with Gasteiger partial charge in [0.1, 0.15) is 5.75 Å². The number of carboxylic acids is 1. The average molecular weight is 234 g/mol. The Kier molecular flexibility index (Phi) is 4.59. The summed E-state index contributed by atoms with van der Waals surface area (Å²) in [7, 11) is 0. The summed E-state index contributed by atoms with van der Waals surface area (Å²) in [5, 5.41) is 26.5. The van der Waals surface area contributed by atoms with Gasteiger partial charge < -0.3 is 15.3 Å². The molecule has 0 spiro atoms. The predicted octanol–water partition coefficient (Wildman–Crippen LogP) is 0.508. The van der Waals surface area contributed by atoms with E-state index in [0.717, 1.165) is 0 Å². The number of aromatic hydroxyl groups is 1. The van der Waals surface area contributed by atoms with Gasteiger partial charge in [0.05, 0.1) is 0 Å². The van der Waals surface area contributed by atoms with E-state index >= 15 is 0 Å². The molecule has 66 valence electrons. The molecule has 1 rings (SSSR count). The van der Waals surface area contributed by atoms with Crippen LogP contribution >= 0.6 is 0 Å². The van der Waals surface area contributed by atoms with Gasteiger partial charge in [0.25, 0.3) is 0 Å². The van der Waals surface area contributed by atoms with E-state index in [2.05, 4.69) is 0 Å². The summed E-state index contributed by atoms with van der Waals surface area (Å²) in [6, 6.07) is 5.77. The Bertz CT molecular complexity index is 300. The number of para-hydroxylation sites is 1. The summed E-state index contributed by atoms with van der Waals surface area (Å²) >= 11 is 0. The number of hydrogen-bond acceptors (Lipinski definition) is 3. The second kappa shape index (κ2) is 4.95. The van der Waals surface area contributed by atoms with E-state index in [1.807, 2.05) is 0 Å². The molecule has 0 saturated heterocycles. The van der Waals surface area contributed by atoms with Crippen molar-refractivity contribution in [3.05, 3.63) is 29.8 Å². The quantitative estimate of drug-likeness (QED) is 0.651. The molecule has 1 unspecified atom stereocenters. The first-order valence-electron chi connectivity index (χ1n) is 3.31. The van der Waals surface area contributed by atoms with Gasteiger partial charge in [-0.2, -0.15) is 0 Å². The van der Waals surface area contributed by atoms with Crippen LogP contribution in [0.4, 0.5) is 0 Å². The first-order chi connectivity index (χ1) is 5.63. The molecule has 0 fully saturated rings. The minimum Gasteiger partial charge on any atom is -0.508 e. The molecule has 1 aromatic rings. The van der Waals surface area contributed by atoms with Crippen LogP contribution < -0.4 is 0 Å². The van der Waals surface area contributed by atoms with Crippen molar-refractivity contribution in [1.82, 2.24) is 0 Å². The van der Waals surface area contributed by atoms with Gasteiger partial charge in [0.2, 0.25) is 0 Å². The number of aliphatic carboxylic acids is 1. The number of phenolic OH excluding ortho intramolecular Hbond substituents is 1. The third-order valence-corrected chi connectivity index (χ3v) is 1.47. The largest absolute Gasteiger partial charge is 0.508 e. The average Bonchev–Trinajstić information content (AvgIpc) is 2.04. The number of aliphatic hydroxyl groups excluding tert-OH is 1. The fraction of sp³-hybridized carbons (Fsp3) is 0.125. The van der Waals surface area contributed by atoms with Crippen molar-refractivity contribution in [1.29, 1.82) is 0 Å². The molecule has 3 N–H and O–H groups in total. The van der Waals surface area contributed by atoms with Crippen molar-refractivity contribution in [2.75, 3.05) is 0 Å². The van der Waals surface area contributed by atoms with E-state index in [-0.39, 0.29) is 30.8 Å². The normalized spacial score (nSPS) is 11.5. The van der Waals surface area contributed by atoms with E-state index < -0.39 is 12.1 Å². The fourth-order valence-electron chi connectivity index (χ4n) is 0.852. The fourth-order valence-corrected chi connectivity index (χ4v) is 0.852. The summed E-state index contributed by atoms with van der Waals surface area (Å²) in [6.07, 6.45) is -1.66. The van der Waals surface area contributed by atoms with E-state index in [1.165, 1.54) is 12.1 Å². The zero-order valence-corrected chi connectivity index (χ0v) is 9.81. The van der Waals surface area contributed by atoms with Crippen LogP contribution in [0.15, 0.2) is 24.3 Å². The summed E-state index contributed by atoms with van der Waals surface area (Å²) in [5.74, 6) is -1.59. The molecule has 0 aromatic heterocycles. The van der Waals surface area contributed by atoms with Crippen LogP contribution in [-0.2, 0) is 24.3 Å². The third-order valence-electron chi connectivity index (χ3n) is 1.47. The van der Waals surface area contributed by atoms with Gasteiger partial charge in [-0.1, -0.05) is 18.2 Å². The molecule has 0 aliphatic rings. The van der Waals surface area contributed by atoms with E-state index in [9.17, 15) is 4.79 Å². The van der Waals surface area contributed by atoms with Gasteiger partial charge >= 0.3 is 5.97 Å². The van der Waals surface area contributed by atoms with Gasteiger partial charge in [-0.25, -0.2) is 4.79 Å². The summed E-state index contributed by atoms with van der Waals surface area (Å²) < 4.78 is 0. The van der Waals surface area contributed by atoms with Crippen LogP contribution in [0.25, 0.3) is 0 Å². The standard InChI is InChI=1S/C8H8O4.Zn/c9-6-4-2-1-3-5(6)7(10)8(11)12;/h1-4,7,9-10H,(H,11,12);. The molecular formula is C8H8O4Zn. The summed E-state index contributed by atoms with van der Waals surface area (Å²) in [6.45, 7) is 0. The van der Waals surface area contributed by atoms with Gasteiger partial charge in [-0.3, -0.25) is 0 Å². The van der Waals surface area contributed by atoms with Crippen molar-refractivity contribution >= 4 is 5.97 Å². The number of hydrogen-bond donors (Lipinski definition) is 3. The van der Waals surface area contributed by atoms with Crippen LogP contribution in [0.1, 0.15) is 11.7 Å². The van der Waals surface area contributed by atoms with Gasteiger partial charge in [0, 0.05) is 25.0 Å². The topological polar surface area (TPSA) is 77.8 Å². The van der Waals surface area contributed by atoms with Crippen molar-refractivity contribution < 1.29 is 39.6 Å². The Morgan fingerprint density at radius 3 is 2.31 bits per heavy atom. The minimum absolute atomic E-state index is 0. The molecule has 0 aliphatic carbocycles. The van der Waals surface area contributed by atoms with Crippen LogP contribution in [0.2, 0.25) is 0 Å². The van der Waals surface area contributed by atoms with Gasteiger partial charge in [0.15, 0.2) is 6.10 Å². The first-order valence-corrected chi connectivity index (χ1v) is 3.31. The zero-order chi connectivity index (χ0) is 9.14.